The number of carbonyl (C=O) groups excluding carboxylic acids is 1. The van der Waals surface area contributed by atoms with Crippen LogP contribution in [0.15, 0.2) is 71.8 Å². The summed E-state index contributed by atoms with van der Waals surface area (Å²) in [6, 6.07) is 17.3. The molecule has 1 amide bonds. The van der Waals surface area contributed by atoms with E-state index in [1.165, 1.54) is 0 Å². The van der Waals surface area contributed by atoms with E-state index in [4.69, 9.17) is 24.0 Å². The second kappa shape index (κ2) is 16.3. The number of hydrogen-bond acceptors (Lipinski definition) is 10. The first-order valence-corrected chi connectivity index (χ1v) is 22.4. The summed E-state index contributed by atoms with van der Waals surface area (Å²) in [7, 11) is -3.24. The van der Waals surface area contributed by atoms with Crippen LogP contribution in [0, 0.1) is 5.92 Å². The van der Waals surface area contributed by atoms with Crippen LogP contribution in [-0.4, -0.2) is 108 Å². The fourth-order valence-corrected chi connectivity index (χ4v) is 9.06. The van der Waals surface area contributed by atoms with Crippen molar-refractivity contribution in [3.63, 3.8) is 0 Å². The molecule has 16 heteroatoms. The number of aromatic amines is 1. The lowest BCUT2D eigenvalue weighted by Crippen LogP contribution is -2.59. The minimum absolute atomic E-state index is 0.0289. The molecular weight excluding hydrogens is 785 g/mol. The maximum Gasteiger partial charge on any atom is 0.469 e. The summed E-state index contributed by atoms with van der Waals surface area (Å²) in [6.45, 7) is 13.2. The highest BCUT2D eigenvalue weighted by Crippen LogP contribution is 2.47. The molecule has 1 unspecified atom stereocenters. The Kier molecular flexibility index (Phi) is 11.5. The Morgan fingerprint density at radius 3 is 2.37 bits per heavy atom. The van der Waals surface area contributed by atoms with Crippen LogP contribution in [0.25, 0.3) is 32.9 Å². The first-order valence-electron chi connectivity index (χ1n) is 20.9. The van der Waals surface area contributed by atoms with Gasteiger partial charge in [0.25, 0.3) is 5.56 Å². The lowest BCUT2D eigenvalue weighted by Gasteiger charge is -2.46. The monoisotopic (exact) mass is 841 g/mol. The highest BCUT2D eigenvalue weighted by molar-refractivity contribution is 7.46. The van der Waals surface area contributed by atoms with Crippen LogP contribution in [0.2, 0.25) is 0 Å². The molecule has 5 aromatic rings. The molecule has 0 spiro atoms. The summed E-state index contributed by atoms with van der Waals surface area (Å²) in [5.74, 6) is 0.930. The third-order valence-electron chi connectivity index (χ3n) is 12.0. The van der Waals surface area contributed by atoms with Crippen molar-refractivity contribution in [1.29, 1.82) is 0 Å². The molecule has 2 saturated heterocycles. The molecule has 0 radical (unpaired) electrons. The molecule has 1 saturated carbocycles. The van der Waals surface area contributed by atoms with Crippen LogP contribution in [-0.2, 0) is 31.2 Å². The Morgan fingerprint density at radius 2 is 1.68 bits per heavy atom. The zero-order valence-corrected chi connectivity index (χ0v) is 36.1. The van der Waals surface area contributed by atoms with Crippen LogP contribution in [0.5, 0.6) is 0 Å². The number of benzene rings is 2. The summed E-state index contributed by atoms with van der Waals surface area (Å²) in [5.41, 5.74) is 1.64. The van der Waals surface area contributed by atoms with Gasteiger partial charge in [-0.2, -0.15) is 0 Å². The second-order valence-corrected chi connectivity index (χ2v) is 19.1. The summed E-state index contributed by atoms with van der Waals surface area (Å²) >= 11 is 0. The van der Waals surface area contributed by atoms with E-state index in [-0.39, 0.29) is 29.8 Å². The molecule has 15 nitrogen and oxygen atoms in total. The number of ether oxygens (including phenoxy) is 2. The molecule has 3 fully saturated rings. The number of H-pyrrole nitrogens is 1. The van der Waals surface area contributed by atoms with E-state index in [1.54, 1.807) is 17.8 Å². The van der Waals surface area contributed by atoms with Crippen molar-refractivity contribution >= 4 is 41.7 Å². The summed E-state index contributed by atoms with van der Waals surface area (Å²) < 4.78 is 32.0. The standard InChI is InChI=1S/C44H56N7O8P/c1-28-24-51(42(53)59-43(3,4)5)29(2)23-50(28)25-30-17-20-49(21-18-30)41-46-37-15-12-31(36-26-48(6)40(52)38-34(36)16-19-45-38)22-35(37)39(47-41)44(58-33-13-14-33,27-57-60(54,55)56)32-10-8-7-9-11-32/h7-12,15-16,19,22,26,28-30,33,45H,13-14,17-18,20-21,23-25,27H2,1-6H3,(H2,54,55,56)/t28-,29+,44?/m0/s1. The lowest BCUT2D eigenvalue weighted by molar-refractivity contribution is -0.0657. The van der Waals surface area contributed by atoms with Crippen LogP contribution in [0.4, 0.5) is 10.7 Å². The van der Waals surface area contributed by atoms with Gasteiger partial charge in [-0.05, 0) is 95.5 Å². The van der Waals surface area contributed by atoms with Crippen molar-refractivity contribution in [3.8, 4) is 11.1 Å². The molecule has 3 aliphatic rings. The maximum atomic E-state index is 13.0. The van der Waals surface area contributed by atoms with Crippen LogP contribution in [0.3, 0.4) is 0 Å². The number of piperidine rings is 1. The normalized spacial score (nSPS) is 20.8. The third-order valence-corrected chi connectivity index (χ3v) is 12.4. The number of rotatable bonds is 11. The number of anilines is 1. The van der Waals surface area contributed by atoms with E-state index >= 15 is 0 Å². The van der Waals surface area contributed by atoms with E-state index in [9.17, 15) is 23.9 Å². The number of pyridine rings is 1. The number of nitrogens with zero attached hydrogens (tertiary/aromatic N) is 6. The van der Waals surface area contributed by atoms with E-state index in [0.29, 0.717) is 59.2 Å². The smallest absolute Gasteiger partial charge is 0.444 e. The molecule has 3 atom stereocenters. The molecule has 60 heavy (non-hydrogen) atoms. The van der Waals surface area contributed by atoms with E-state index in [1.807, 2.05) is 86.5 Å². The van der Waals surface area contributed by atoms with Crippen molar-refractivity contribution in [3.05, 3.63) is 88.6 Å². The van der Waals surface area contributed by atoms with Gasteiger partial charge in [0.05, 0.1) is 23.9 Å². The molecule has 8 rings (SSSR count). The molecular formula is C44H56N7O8P. The van der Waals surface area contributed by atoms with Gasteiger partial charge < -0.3 is 38.6 Å². The van der Waals surface area contributed by atoms with Gasteiger partial charge in [-0.25, -0.2) is 19.3 Å². The van der Waals surface area contributed by atoms with Crippen LogP contribution >= 0.6 is 7.82 Å². The van der Waals surface area contributed by atoms with Crippen LogP contribution in [0.1, 0.15) is 71.6 Å². The summed E-state index contributed by atoms with van der Waals surface area (Å²) in [6.07, 6.45) is 6.51. The quantitative estimate of drug-likeness (QED) is 0.123. The third kappa shape index (κ3) is 8.88. The number of phosphoric acid groups is 1. The fourth-order valence-electron chi connectivity index (χ4n) is 8.71. The lowest BCUT2D eigenvalue weighted by atomic mass is 9.87. The minimum atomic E-state index is -4.96. The maximum absolute atomic E-state index is 13.0. The predicted octanol–water partition coefficient (Wildman–Crippen LogP) is 6.55. The number of aryl methyl sites for hydroxylation is 1. The minimum Gasteiger partial charge on any atom is -0.444 e. The molecule has 0 bridgehead atoms. The van der Waals surface area contributed by atoms with E-state index in [2.05, 4.69) is 28.6 Å². The number of phosphoric ester groups is 1. The molecule has 320 valence electrons. The van der Waals surface area contributed by atoms with Crippen molar-refractivity contribution in [1.82, 2.24) is 29.3 Å². The number of piperazine rings is 1. The van der Waals surface area contributed by atoms with Gasteiger partial charge in [-0.15, -0.1) is 0 Å². The topological polar surface area (TPSA) is 176 Å². The zero-order valence-electron chi connectivity index (χ0n) is 35.2. The number of aromatic nitrogens is 4. The average Bonchev–Trinajstić information content (AvgIpc) is 3.89. The van der Waals surface area contributed by atoms with Gasteiger partial charge in [0, 0.05) is 80.6 Å². The average molecular weight is 842 g/mol. The molecule has 5 heterocycles. The van der Waals surface area contributed by atoms with Gasteiger partial charge in [0.15, 0.2) is 5.60 Å². The molecule has 1 aliphatic carbocycles. The van der Waals surface area contributed by atoms with Crippen molar-refractivity contribution in [2.45, 2.75) is 89.7 Å². The first-order chi connectivity index (χ1) is 28.5. The molecule has 2 aromatic carbocycles. The Labute approximate surface area is 349 Å². The largest absolute Gasteiger partial charge is 0.469 e. The molecule has 2 aliphatic heterocycles. The number of carbonyl (C=O) groups is 1. The number of nitrogens with one attached hydrogen (secondary N) is 1. The van der Waals surface area contributed by atoms with Gasteiger partial charge >= 0.3 is 13.9 Å². The van der Waals surface area contributed by atoms with Crippen molar-refractivity contribution in [2.24, 2.45) is 13.0 Å². The number of hydrogen-bond donors (Lipinski definition) is 3. The van der Waals surface area contributed by atoms with Crippen LogP contribution < -0.4 is 10.5 Å². The fraction of sp³-hybridized carbons (Fsp3) is 0.500. The van der Waals surface area contributed by atoms with Gasteiger partial charge in [0.2, 0.25) is 5.95 Å². The van der Waals surface area contributed by atoms with Gasteiger partial charge in [-0.3, -0.25) is 14.2 Å². The summed E-state index contributed by atoms with van der Waals surface area (Å²) in [5, 5.41) is 1.40. The molecule has 3 aromatic heterocycles. The SMILES string of the molecule is C[C@@H]1CN(CC2CCN(c3nc(C(COP(=O)(O)O)(OC4CC4)c4ccccc4)c4cc(-c5cn(C)c(=O)c6[nH]ccc56)ccc4n3)CC2)[C@@H](C)CN1C(=O)OC(C)(C)C. The second-order valence-electron chi connectivity index (χ2n) is 17.8. The summed E-state index contributed by atoms with van der Waals surface area (Å²) in [4.78, 5) is 66.2. The van der Waals surface area contributed by atoms with Gasteiger partial charge in [0.1, 0.15) is 11.1 Å². The first kappa shape index (κ1) is 42.1. The highest BCUT2D eigenvalue weighted by atomic mass is 31.2. The van der Waals surface area contributed by atoms with Gasteiger partial charge in [-0.1, -0.05) is 36.4 Å². The Balaban J connectivity index is 1.14. The Bertz CT molecular complexity index is 2470. The van der Waals surface area contributed by atoms with E-state index < -0.39 is 25.6 Å². The number of fused-ring (bicyclic) bond motifs is 2. The Hall–Kier alpha value is -4.63. The predicted molar refractivity (Wildman–Crippen MR) is 230 cm³/mol. The number of amides is 1. The highest BCUT2D eigenvalue weighted by Gasteiger charge is 2.46. The van der Waals surface area contributed by atoms with E-state index in [0.717, 1.165) is 55.3 Å². The zero-order chi connectivity index (χ0) is 42.6. The Morgan fingerprint density at radius 1 is 0.950 bits per heavy atom. The van der Waals surface area contributed by atoms with Crippen molar-refractivity contribution < 1.29 is 33.1 Å². The molecule has 3 N–H and O–H groups in total. The van der Waals surface area contributed by atoms with Crippen molar-refractivity contribution in [2.75, 3.05) is 44.2 Å².